The molecule has 0 bridgehead atoms. The van der Waals surface area contributed by atoms with Crippen LogP contribution in [-0.2, 0) is 4.79 Å². The van der Waals surface area contributed by atoms with Crippen molar-refractivity contribution in [2.75, 3.05) is 17.6 Å². The first-order chi connectivity index (χ1) is 8.74. The van der Waals surface area contributed by atoms with Crippen molar-refractivity contribution in [3.8, 4) is 0 Å². The van der Waals surface area contributed by atoms with Gasteiger partial charge < -0.3 is 0 Å². The van der Waals surface area contributed by atoms with E-state index in [1.165, 1.54) is 16.7 Å². The van der Waals surface area contributed by atoms with E-state index in [0.717, 1.165) is 23.1 Å². The van der Waals surface area contributed by atoms with Crippen molar-refractivity contribution in [3.05, 3.63) is 29.8 Å². The summed E-state index contributed by atoms with van der Waals surface area (Å²) in [6.45, 7) is 0.512. The predicted octanol–water partition coefficient (Wildman–Crippen LogP) is 2.94. The molecule has 2 amide bonds. The van der Waals surface area contributed by atoms with Gasteiger partial charge in [-0.3, -0.25) is 14.5 Å². The van der Waals surface area contributed by atoms with Gasteiger partial charge in [0.15, 0.2) is 0 Å². The lowest BCUT2D eigenvalue weighted by molar-refractivity contribution is -0.125. The molecule has 3 nitrogen and oxygen atoms in total. The Bertz CT molecular complexity index is 464. The van der Waals surface area contributed by atoms with Crippen LogP contribution in [-0.4, -0.2) is 34.3 Å². The Morgan fingerprint density at radius 1 is 1.22 bits per heavy atom. The maximum Gasteiger partial charge on any atom is 0.261 e. The number of halogens is 1. The molecule has 5 heteroatoms. The molecule has 0 atom stereocenters. The van der Waals surface area contributed by atoms with Crippen LogP contribution < -0.4 is 0 Å². The van der Waals surface area contributed by atoms with Crippen LogP contribution >= 0.6 is 27.7 Å². The van der Waals surface area contributed by atoms with E-state index >= 15 is 0 Å². The number of fused-ring (bicyclic) bond motifs is 1. The summed E-state index contributed by atoms with van der Waals surface area (Å²) < 4.78 is 0. The van der Waals surface area contributed by atoms with Gasteiger partial charge in [-0.1, -0.05) is 28.1 Å². The fraction of sp³-hybridized carbons (Fsp3) is 0.385. The SMILES string of the molecule is O=C1CSc2ccccc2C(=O)N1CCCCBr. The van der Waals surface area contributed by atoms with E-state index in [0.29, 0.717) is 17.9 Å². The zero-order valence-electron chi connectivity index (χ0n) is 9.89. The zero-order valence-corrected chi connectivity index (χ0v) is 12.3. The van der Waals surface area contributed by atoms with E-state index in [4.69, 9.17) is 0 Å². The van der Waals surface area contributed by atoms with Crippen molar-refractivity contribution in [2.24, 2.45) is 0 Å². The Morgan fingerprint density at radius 3 is 2.78 bits per heavy atom. The van der Waals surface area contributed by atoms with E-state index in [9.17, 15) is 9.59 Å². The van der Waals surface area contributed by atoms with Gasteiger partial charge >= 0.3 is 0 Å². The molecule has 0 radical (unpaired) electrons. The highest BCUT2D eigenvalue weighted by molar-refractivity contribution is 9.09. The zero-order chi connectivity index (χ0) is 13.0. The number of hydrogen-bond acceptors (Lipinski definition) is 3. The fourth-order valence-electron chi connectivity index (χ4n) is 1.84. The number of alkyl halides is 1. The average molecular weight is 328 g/mol. The lowest BCUT2D eigenvalue weighted by atomic mass is 10.2. The van der Waals surface area contributed by atoms with Gasteiger partial charge in [-0.15, -0.1) is 11.8 Å². The quantitative estimate of drug-likeness (QED) is 0.484. The van der Waals surface area contributed by atoms with Gasteiger partial charge in [0.2, 0.25) is 5.91 Å². The number of hydrogen-bond donors (Lipinski definition) is 0. The first-order valence-corrected chi connectivity index (χ1v) is 7.97. The van der Waals surface area contributed by atoms with Crippen LogP contribution in [0.25, 0.3) is 0 Å². The van der Waals surface area contributed by atoms with Crippen LogP contribution in [0.5, 0.6) is 0 Å². The third kappa shape index (κ3) is 2.95. The molecule has 0 aliphatic carbocycles. The number of amides is 2. The number of nitrogens with zero attached hydrogens (tertiary/aromatic N) is 1. The molecule has 96 valence electrons. The second-order valence-corrected chi connectivity index (χ2v) is 5.84. The molecule has 18 heavy (non-hydrogen) atoms. The molecule has 0 saturated heterocycles. The number of benzene rings is 1. The van der Waals surface area contributed by atoms with Crippen LogP contribution in [0.1, 0.15) is 23.2 Å². The first kappa shape index (κ1) is 13.6. The number of imide groups is 1. The summed E-state index contributed by atoms with van der Waals surface area (Å²) in [6.07, 6.45) is 1.81. The molecular formula is C13H14BrNO2S. The van der Waals surface area contributed by atoms with Crippen LogP contribution in [0.3, 0.4) is 0 Å². The molecule has 0 fully saturated rings. The van der Waals surface area contributed by atoms with Gasteiger partial charge in [-0.2, -0.15) is 0 Å². The van der Waals surface area contributed by atoms with Gasteiger partial charge in [0, 0.05) is 16.8 Å². The lowest BCUT2D eigenvalue weighted by Crippen LogP contribution is -2.37. The summed E-state index contributed by atoms with van der Waals surface area (Å²) >= 11 is 4.80. The number of unbranched alkanes of at least 4 members (excludes halogenated alkanes) is 1. The molecule has 1 heterocycles. The lowest BCUT2D eigenvalue weighted by Gasteiger charge is -2.18. The van der Waals surface area contributed by atoms with Gasteiger partial charge in [0.25, 0.3) is 5.91 Å². The Kier molecular flexibility index (Phi) is 4.83. The summed E-state index contributed by atoms with van der Waals surface area (Å²) in [5.41, 5.74) is 0.646. The third-order valence-electron chi connectivity index (χ3n) is 2.78. The fourth-order valence-corrected chi connectivity index (χ4v) is 3.15. The minimum atomic E-state index is -0.157. The molecule has 1 aliphatic heterocycles. The van der Waals surface area contributed by atoms with E-state index in [2.05, 4.69) is 15.9 Å². The van der Waals surface area contributed by atoms with Crippen LogP contribution in [0.4, 0.5) is 0 Å². The Hall–Kier alpha value is -0.810. The van der Waals surface area contributed by atoms with Crippen LogP contribution in [0, 0.1) is 0 Å². The summed E-state index contributed by atoms with van der Waals surface area (Å²) in [4.78, 5) is 26.6. The second kappa shape index (κ2) is 6.38. The summed E-state index contributed by atoms with van der Waals surface area (Å²) in [7, 11) is 0. The molecule has 1 aromatic rings. The van der Waals surface area contributed by atoms with Gasteiger partial charge in [-0.25, -0.2) is 0 Å². The predicted molar refractivity (Wildman–Crippen MR) is 76.2 cm³/mol. The van der Waals surface area contributed by atoms with E-state index in [1.807, 2.05) is 18.2 Å². The number of carbonyl (C=O) groups is 2. The van der Waals surface area contributed by atoms with E-state index in [-0.39, 0.29) is 11.8 Å². The van der Waals surface area contributed by atoms with Crippen LogP contribution in [0.2, 0.25) is 0 Å². The Labute approximate surface area is 119 Å². The smallest absolute Gasteiger partial charge is 0.261 e. The van der Waals surface area contributed by atoms with E-state index in [1.54, 1.807) is 6.07 Å². The number of thioether (sulfide) groups is 1. The van der Waals surface area contributed by atoms with Crippen molar-refractivity contribution in [1.82, 2.24) is 4.90 Å². The molecule has 0 saturated carbocycles. The Morgan fingerprint density at radius 2 is 2.00 bits per heavy atom. The van der Waals surface area contributed by atoms with E-state index < -0.39 is 0 Å². The van der Waals surface area contributed by atoms with Crippen molar-refractivity contribution < 1.29 is 9.59 Å². The van der Waals surface area contributed by atoms with Gasteiger partial charge in [0.1, 0.15) is 0 Å². The second-order valence-electron chi connectivity index (χ2n) is 4.03. The molecule has 1 aromatic carbocycles. The monoisotopic (exact) mass is 327 g/mol. The normalized spacial score (nSPS) is 15.5. The summed E-state index contributed by atoms with van der Waals surface area (Å²) in [6, 6.07) is 7.42. The highest BCUT2D eigenvalue weighted by atomic mass is 79.9. The van der Waals surface area contributed by atoms with Crippen molar-refractivity contribution in [1.29, 1.82) is 0 Å². The highest BCUT2D eigenvalue weighted by Crippen LogP contribution is 2.27. The summed E-state index contributed by atoms with van der Waals surface area (Å²) in [5.74, 6) is 0.0998. The minimum Gasteiger partial charge on any atom is -0.278 e. The maximum absolute atomic E-state index is 12.3. The summed E-state index contributed by atoms with van der Waals surface area (Å²) in [5, 5.41) is 0.897. The Balaban J connectivity index is 2.20. The van der Waals surface area contributed by atoms with Gasteiger partial charge in [0.05, 0.1) is 11.3 Å². The average Bonchev–Trinajstić information content (AvgIpc) is 2.51. The molecule has 0 N–H and O–H groups in total. The molecule has 0 unspecified atom stereocenters. The highest BCUT2D eigenvalue weighted by Gasteiger charge is 2.27. The number of rotatable bonds is 4. The van der Waals surface area contributed by atoms with Gasteiger partial charge in [-0.05, 0) is 25.0 Å². The molecular weight excluding hydrogens is 314 g/mol. The molecule has 0 aromatic heterocycles. The molecule has 0 spiro atoms. The first-order valence-electron chi connectivity index (χ1n) is 5.86. The van der Waals surface area contributed by atoms with Crippen molar-refractivity contribution >= 4 is 39.5 Å². The van der Waals surface area contributed by atoms with Crippen LogP contribution in [0.15, 0.2) is 29.2 Å². The minimum absolute atomic E-state index is 0.0872. The topological polar surface area (TPSA) is 37.4 Å². The molecule has 1 aliphatic rings. The largest absolute Gasteiger partial charge is 0.278 e. The third-order valence-corrected chi connectivity index (χ3v) is 4.40. The standard InChI is InChI=1S/C13H14BrNO2S/c14-7-3-4-8-15-12(16)9-18-11-6-2-1-5-10(11)13(15)17/h1-2,5-6H,3-4,7-9H2. The van der Waals surface area contributed by atoms with Crippen molar-refractivity contribution in [2.45, 2.75) is 17.7 Å². The van der Waals surface area contributed by atoms with Crippen molar-refractivity contribution in [3.63, 3.8) is 0 Å². The maximum atomic E-state index is 12.3. The molecule has 2 rings (SSSR count). The number of carbonyl (C=O) groups excluding carboxylic acids is 2.